The zero-order valence-corrected chi connectivity index (χ0v) is 8.22. The molecule has 1 rings (SSSR count). The predicted molar refractivity (Wildman–Crippen MR) is 36.0 cm³/mol. The molecule has 0 aromatic carbocycles. The average molecular weight is 205 g/mol. The van der Waals surface area contributed by atoms with E-state index in [0.29, 0.717) is 0 Å². The molecule has 0 atom stereocenters. The molecule has 0 aliphatic carbocycles. The molecular formula is C7H13BrN2. The summed E-state index contributed by atoms with van der Waals surface area (Å²) in [6.45, 7) is 2.16. The van der Waals surface area contributed by atoms with Gasteiger partial charge in [-0.3, -0.25) is 0 Å². The van der Waals surface area contributed by atoms with Gasteiger partial charge in [0.15, 0.2) is 0 Å². The van der Waals surface area contributed by atoms with Crippen LogP contribution in [0.1, 0.15) is 12.7 Å². The summed E-state index contributed by atoms with van der Waals surface area (Å²) in [7, 11) is 4.14. The molecule has 0 aliphatic heterocycles. The first-order chi connectivity index (χ1) is 4.25. The standard InChI is InChI=1S/C7H13N2.BrH/c1-4-7-8(2)5-6-9(7)3;/h5-6H,4H2,1-3H3;1H/q+1;/p-1. The minimum atomic E-state index is 0. The van der Waals surface area contributed by atoms with Gasteiger partial charge in [-0.2, -0.15) is 0 Å². The number of imidazole rings is 1. The number of aromatic nitrogens is 2. The number of hydrogen-bond donors (Lipinski definition) is 0. The van der Waals surface area contributed by atoms with Crippen molar-refractivity contribution < 1.29 is 21.5 Å². The number of rotatable bonds is 1. The molecule has 0 aliphatic rings. The predicted octanol–water partition coefficient (Wildman–Crippen LogP) is -2.58. The first-order valence-electron chi connectivity index (χ1n) is 3.25. The van der Waals surface area contributed by atoms with E-state index in [1.807, 2.05) is 0 Å². The molecule has 0 saturated carbocycles. The molecule has 0 saturated heterocycles. The number of aryl methyl sites for hydroxylation is 2. The first kappa shape index (κ1) is 9.69. The van der Waals surface area contributed by atoms with Crippen LogP contribution in [0.25, 0.3) is 0 Å². The highest BCUT2D eigenvalue weighted by molar-refractivity contribution is 4.79. The average Bonchev–Trinajstić information content (AvgIpc) is 2.12. The summed E-state index contributed by atoms with van der Waals surface area (Å²) in [4.78, 5) is 0. The van der Waals surface area contributed by atoms with Gasteiger partial charge in [-0.15, -0.1) is 0 Å². The van der Waals surface area contributed by atoms with Crippen LogP contribution in [0.2, 0.25) is 0 Å². The van der Waals surface area contributed by atoms with Crippen LogP contribution in [0.5, 0.6) is 0 Å². The van der Waals surface area contributed by atoms with Gasteiger partial charge in [-0.1, -0.05) is 6.92 Å². The van der Waals surface area contributed by atoms with Crippen molar-refractivity contribution in [1.29, 1.82) is 0 Å². The lowest BCUT2D eigenvalue weighted by atomic mass is 10.4. The Balaban J connectivity index is 0.000000810. The van der Waals surface area contributed by atoms with Crippen LogP contribution in [0.15, 0.2) is 12.4 Å². The number of nitrogens with zero attached hydrogens (tertiary/aromatic N) is 2. The SMILES string of the molecule is CCc1n(C)cc[n+]1C.[Br-]. The third-order valence-electron chi connectivity index (χ3n) is 1.64. The van der Waals surface area contributed by atoms with Crippen LogP contribution in [-0.4, -0.2) is 4.57 Å². The summed E-state index contributed by atoms with van der Waals surface area (Å²) in [5, 5.41) is 0. The summed E-state index contributed by atoms with van der Waals surface area (Å²) in [5.41, 5.74) is 0. The fourth-order valence-corrected chi connectivity index (χ4v) is 1.12. The lowest BCUT2D eigenvalue weighted by Gasteiger charge is -1.90. The van der Waals surface area contributed by atoms with Crippen LogP contribution >= 0.6 is 0 Å². The van der Waals surface area contributed by atoms with E-state index in [1.54, 1.807) is 0 Å². The monoisotopic (exact) mass is 204 g/mol. The lowest BCUT2D eigenvalue weighted by Crippen LogP contribution is -3.00. The van der Waals surface area contributed by atoms with E-state index < -0.39 is 0 Å². The Morgan fingerprint density at radius 1 is 1.60 bits per heavy atom. The van der Waals surface area contributed by atoms with Crippen molar-refractivity contribution in [3.8, 4) is 0 Å². The van der Waals surface area contributed by atoms with Crippen LogP contribution in [-0.2, 0) is 20.5 Å². The number of hydrogen-bond acceptors (Lipinski definition) is 0. The van der Waals surface area contributed by atoms with Crippen molar-refractivity contribution in [2.75, 3.05) is 0 Å². The van der Waals surface area contributed by atoms with Gasteiger partial charge in [0.1, 0.15) is 12.4 Å². The van der Waals surface area contributed by atoms with Gasteiger partial charge in [-0.25, -0.2) is 9.13 Å². The zero-order chi connectivity index (χ0) is 6.85. The smallest absolute Gasteiger partial charge is 0.255 e. The minimum absolute atomic E-state index is 0. The van der Waals surface area contributed by atoms with Crippen LogP contribution in [0.4, 0.5) is 0 Å². The van der Waals surface area contributed by atoms with Crippen LogP contribution in [0, 0.1) is 0 Å². The van der Waals surface area contributed by atoms with E-state index >= 15 is 0 Å². The van der Waals surface area contributed by atoms with Gasteiger partial charge in [0.05, 0.1) is 14.1 Å². The van der Waals surface area contributed by atoms with Crippen molar-refractivity contribution in [2.45, 2.75) is 13.3 Å². The molecule has 0 radical (unpaired) electrons. The van der Waals surface area contributed by atoms with E-state index in [9.17, 15) is 0 Å². The van der Waals surface area contributed by atoms with E-state index in [2.05, 4.69) is 42.5 Å². The summed E-state index contributed by atoms with van der Waals surface area (Å²) in [5.74, 6) is 1.36. The molecule has 1 heterocycles. The summed E-state index contributed by atoms with van der Waals surface area (Å²) < 4.78 is 4.28. The van der Waals surface area contributed by atoms with Crippen molar-refractivity contribution in [3.05, 3.63) is 18.2 Å². The fraction of sp³-hybridized carbons (Fsp3) is 0.571. The quantitative estimate of drug-likeness (QED) is 0.445. The molecule has 0 N–H and O–H groups in total. The summed E-state index contributed by atoms with van der Waals surface area (Å²) in [6.07, 6.45) is 5.23. The molecule has 1 aromatic rings. The maximum Gasteiger partial charge on any atom is 0.255 e. The second-order valence-electron chi connectivity index (χ2n) is 2.29. The van der Waals surface area contributed by atoms with E-state index in [-0.39, 0.29) is 17.0 Å². The van der Waals surface area contributed by atoms with E-state index in [1.165, 1.54) is 5.82 Å². The molecule has 0 amide bonds. The Morgan fingerprint density at radius 2 is 2.20 bits per heavy atom. The molecule has 58 valence electrons. The zero-order valence-electron chi connectivity index (χ0n) is 6.63. The van der Waals surface area contributed by atoms with Gasteiger partial charge in [0.25, 0.3) is 5.82 Å². The third kappa shape index (κ3) is 1.59. The highest BCUT2D eigenvalue weighted by Gasteiger charge is 2.05. The maximum absolute atomic E-state index is 2.16. The van der Waals surface area contributed by atoms with Crippen LogP contribution < -0.4 is 21.5 Å². The molecular weight excluding hydrogens is 192 g/mol. The van der Waals surface area contributed by atoms with Crippen LogP contribution in [0.3, 0.4) is 0 Å². The molecule has 10 heavy (non-hydrogen) atoms. The molecule has 2 nitrogen and oxygen atoms in total. The Labute approximate surface area is 72.3 Å². The van der Waals surface area contributed by atoms with Gasteiger partial charge in [0, 0.05) is 6.42 Å². The molecule has 0 unspecified atom stereocenters. The van der Waals surface area contributed by atoms with E-state index in [4.69, 9.17) is 0 Å². The first-order valence-corrected chi connectivity index (χ1v) is 3.25. The third-order valence-corrected chi connectivity index (χ3v) is 1.64. The normalized spacial score (nSPS) is 9.10. The lowest BCUT2D eigenvalue weighted by molar-refractivity contribution is -0.678. The van der Waals surface area contributed by atoms with Crippen molar-refractivity contribution in [2.24, 2.45) is 14.1 Å². The van der Waals surface area contributed by atoms with Gasteiger partial charge < -0.3 is 17.0 Å². The van der Waals surface area contributed by atoms with Gasteiger partial charge in [0.2, 0.25) is 0 Å². The van der Waals surface area contributed by atoms with Crippen molar-refractivity contribution in [3.63, 3.8) is 0 Å². The highest BCUT2D eigenvalue weighted by atomic mass is 79.9. The minimum Gasteiger partial charge on any atom is -1.00 e. The Kier molecular flexibility index (Phi) is 3.64. The molecule has 0 spiro atoms. The topological polar surface area (TPSA) is 8.81 Å². The summed E-state index contributed by atoms with van der Waals surface area (Å²) in [6, 6.07) is 0. The molecule has 1 aromatic heterocycles. The fourth-order valence-electron chi connectivity index (χ4n) is 1.12. The highest BCUT2D eigenvalue weighted by Crippen LogP contribution is 1.89. The Bertz CT molecular complexity index is 186. The Morgan fingerprint density at radius 3 is 2.40 bits per heavy atom. The second-order valence-corrected chi connectivity index (χ2v) is 2.29. The second kappa shape index (κ2) is 3.76. The molecule has 3 heteroatoms. The van der Waals surface area contributed by atoms with E-state index in [0.717, 1.165) is 6.42 Å². The number of halogens is 1. The van der Waals surface area contributed by atoms with Crippen molar-refractivity contribution in [1.82, 2.24) is 4.57 Å². The Hall–Kier alpha value is -0.310. The largest absolute Gasteiger partial charge is 1.00 e. The maximum atomic E-state index is 2.16. The molecule has 0 bridgehead atoms. The molecule has 0 fully saturated rings. The summed E-state index contributed by atoms with van der Waals surface area (Å²) >= 11 is 0. The van der Waals surface area contributed by atoms with Gasteiger partial charge in [-0.05, 0) is 0 Å². The van der Waals surface area contributed by atoms with Gasteiger partial charge >= 0.3 is 0 Å². The van der Waals surface area contributed by atoms with Crippen molar-refractivity contribution >= 4 is 0 Å².